The van der Waals surface area contributed by atoms with Crippen molar-refractivity contribution in [2.24, 2.45) is 5.16 Å². The molecular weight excluding hydrogens is 258 g/mol. The molecule has 0 aromatic heterocycles. The number of aryl methyl sites for hydroxylation is 1. The summed E-state index contributed by atoms with van der Waals surface area (Å²) < 4.78 is 0. The van der Waals surface area contributed by atoms with Gasteiger partial charge in [0.2, 0.25) is 12.0 Å². The fraction of sp³-hybridized carbons (Fsp3) is 0.357. The molecule has 20 heavy (non-hydrogen) atoms. The molecule has 2 rings (SSSR count). The molecule has 0 saturated heterocycles. The number of carbonyl (C=O) groups is 2. The highest BCUT2D eigenvalue weighted by atomic mass is 16.6. The minimum absolute atomic E-state index is 0.0605. The molecule has 1 aliphatic rings. The van der Waals surface area contributed by atoms with Crippen molar-refractivity contribution in [1.29, 1.82) is 0 Å². The Morgan fingerprint density at radius 1 is 1.35 bits per heavy atom. The van der Waals surface area contributed by atoms with Crippen LogP contribution in [0.1, 0.15) is 17.5 Å². The van der Waals surface area contributed by atoms with Gasteiger partial charge in [-0.2, -0.15) is 0 Å². The molecular formula is C14H17N3O3. The molecule has 1 aromatic carbocycles. The molecule has 2 N–H and O–H groups in total. The first-order valence-corrected chi connectivity index (χ1v) is 6.38. The van der Waals surface area contributed by atoms with Crippen molar-refractivity contribution < 1.29 is 14.4 Å². The van der Waals surface area contributed by atoms with Crippen molar-refractivity contribution in [3.05, 3.63) is 35.4 Å². The Kier molecular flexibility index (Phi) is 4.34. The summed E-state index contributed by atoms with van der Waals surface area (Å²) in [7, 11) is 1.51. The number of likely N-dealkylation sites (N-methyl/N-ethyl adjacent to an activating group) is 1. The summed E-state index contributed by atoms with van der Waals surface area (Å²) in [5.74, 6) is -0.588. The second kappa shape index (κ2) is 6.18. The van der Waals surface area contributed by atoms with E-state index in [1.54, 1.807) is 0 Å². The maximum absolute atomic E-state index is 11.8. The topological polar surface area (TPSA) is 79.8 Å². The molecule has 1 aliphatic heterocycles. The van der Waals surface area contributed by atoms with E-state index in [0.717, 1.165) is 16.8 Å². The Labute approximate surface area is 117 Å². The van der Waals surface area contributed by atoms with Gasteiger partial charge in [0.15, 0.2) is 0 Å². The van der Waals surface area contributed by atoms with E-state index in [-0.39, 0.29) is 18.4 Å². The minimum atomic E-state index is -0.670. The molecule has 2 amide bonds. The number of nitrogens with zero attached hydrogens (tertiary/aromatic N) is 1. The maximum Gasteiger partial charge on any atom is 0.264 e. The maximum atomic E-state index is 11.8. The van der Waals surface area contributed by atoms with Gasteiger partial charge in [-0.05, 0) is 12.5 Å². The van der Waals surface area contributed by atoms with Gasteiger partial charge in [-0.3, -0.25) is 9.59 Å². The summed E-state index contributed by atoms with van der Waals surface area (Å²) in [4.78, 5) is 28.0. The highest BCUT2D eigenvalue weighted by Crippen LogP contribution is 2.17. The number of amides is 2. The zero-order valence-electron chi connectivity index (χ0n) is 11.5. The number of nitrogens with one attached hydrogen (secondary N) is 2. The lowest BCUT2D eigenvalue weighted by Gasteiger charge is -2.08. The van der Waals surface area contributed by atoms with Gasteiger partial charge >= 0.3 is 0 Å². The lowest BCUT2D eigenvalue weighted by molar-refractivity contribution is -0.133. The van der Waals surface area contributed by atoms with E-state index >= 15 is 0 Å². The highest BCUT2D eigenvalue weighted by Gasteiger charge is 2.28. The van der Waals surface area contributed by atoms with Crippen LogP contribution in [0.15, 0.2) is 29.4 Å². The number of oxime groups is 1. The number of carbonyl (C=O) groups excluding carboxylic acids is 2. The van der Waals surface area contributed by atoms with E-state index in [0.29, 0.717) is 6.42 Å². The Balaban J connectivity index is 1.89. The second-order valence-electron chi connectivity index (χ2n) is 4.59. The van der Waals surface area contributed by atoms with Gasteiger partial charge in [-0.1, -0.05) is 35.0 Å². The average Bonchev–Trinajstić information content (AvgIpc) is 2.95. The fourth-order valence-corrected chi connectivity index (χ4v) is 1.80. The monoisotopic (exact) mass is 275 g/mol. The number of hydrogen-bond acceptors (Lipinski definition) is 4. The van der Waals surface area contributed by atoms with Gasteiger partial charge < -0.3 is 15.5 Å². The summed E-state index contributed by atoms with van der Waals surface area (Å²) in [6.07, 6.45) is -0.265. The second-order valence-corrected chi connectivity index (χ2v) is 4.59. The van der Waals surface area contributed by atoms with E-state index in [1.807, 2.05) is 31.2 Å². The number of benzene rings is 1. The molecule has 1 unspecified atom stereocenters. The fourth-order valence-electron chi connectivity index (χ4n) is 1.80. The molecule has 6 heteroatoms. The molecule has 0 radical (unpaired) electrons. The van der Waals surface area contributed by atoms with Crippen molar-refractivity contribution in [2.75, 3.05) is 13.6 Å². The molecule has 0 bridgehead atoms. The van der Waals surface area contributed by atoms with Crippen LogP contribution in [0, 0.1) is 6.92 Å². The van der Waals surface area contributed by atoms with E-state index in [1.165, 1.54) is 7.05 Å². The van der Waals surface area contributed by atoms with Gasteiger partial charge in [0.05, 0.1) is 12.3 Å². The van der Waals surface area contributed by atoms with Crippen LogP contribution < -0.4 is 10.6 Å². The van der Waals surface area contributed by atoms with E-state index in [4.69, 9.17) is 4.84 Å². The van der Waals surface area contributed by atoms with Gasteiger partial charge in [-0.25, -0.2) is 0 Å². The molecule has 1 heterocycles. The van der Waals surface area contributed by atoms with Crippen molar-refractivity contribution in [1.82, 2.24) is 10.6 Å². The summed E-state index contributed by atoms with van der Waals surface area (Å²) in [5.41, 5.74) is 2.84. The molecule has 106 valence electrons. The molecule has 6 nitrogen and oxygen atoms in total. The highest BCUT2D eigenvalue weighted by molar-refractivity contribution is 6.04. The zero-order valence-corrected chi connectivity index (χ0v) is 11.5. The predicted octanol–water partition coefficient (Wildman–Crippen LogP) is 0.350. The third-order valence-corrected chi connectivity index (χ3v) is 3.05. The van der Waals surface area contributed by atoms with Crippen LogP contribution in [-0.4, -0.2) is 37.2 Å². The third-order valence-electron chi connectivity index (χ3n) is 3.05. The molecule has 0 fully saturated rings. The normalized spacial score (nSPS) is 17.1. The standard InChI is InChI=1S/C14H17N3O3/c1-9-3-5-10(6-4-9)11-7-12(20-17-11)14(19)16-8-13(18)15-2/h3-6,12H,7-8H2,1-2H3,(H,15,18)(H,16,19). The van der Waals surface area contributed by atoms with Crippen molar-refractivity contribution in [3.63, 3.8) is 0 Å². The summed E-state index contributed by atoms with van der Waals surface area (Å²) in [5, 5.41) is 8.88. The molecule has 0 spiro atoms. The van der Waals surface area contributed by atoms with Crippen LogP contribution in [0.5, 0.6) is 0 Å². The summed E-state index contributed by atoms with van der Waals surface area (Å²) >= 11 is 0. The molecule has 1 atom stereocenters. The van der Waals surface area contributed by atoms with Gasteiger partial charge in [0.25, 0.3) is 5.91 Å². The minimum Gasteiger partial charge on any atom is -0.382 e. The smallest absolute Gasteiger partial charge is 0.264 e. The van der Waals surface area contributed by atoms with Gasteiger partial charge in [0.1, 0.15) is 0 Å². The van der Waals surface area contributed by atoms with Crippen molar-refractivity contribution in [2.45, 2.75) is 19.4 Å². The first kappa shape index (κ1) is 14.0. The van der Waals surface area contributed by atoms with E-state index < -0.39 is 6.10 Å². The van der Waals surface area contributed by atoms with Gasteiger partial charge in [0, 0.05) is 13.5 Å². The quantitative estimate of drug-likeness (QED) is 0.832. The van der Waals surface area contributed by atoms with E-state index in [9.17, 15) is 9.59 Å². The van der Waals surface area contributed by atoms with Crippen LogP contribution in [0.3, 0.4) is 0 Å². The third kappa shape index (κ3) is 3.34. The number of hydrogen-bond donors (Lipinski definition) is 2. The average molecular weight is 275 g/mol. The molecule has 1 aromatic rings. The van der Waals surface area contributed by atoms with Crippen LogP contribution in [0.25, 0.3) is 0 Å². The predicted molar refractivity (Wildman–Crippen MR) is 74.3 cm³/mol. The summed E-state index contributed by atoms with van der Waals surface area (Å²) in [6, 6.07) is 7.86. The van der Waals surface area contributed by atoms with Gasteiger partial charge in [-0.15, -0.1) is 0 Å². The first-order valence-electron chi connectivity index (χ1n) is 6.38. The zero-order chi connectivity index (χ0) is 14.5. The first-order chi connectivity index (χ1) is 9.60. The van der Waals surface area contributed by atoms with Crippen molar-refractivity contribution >= 4 is 17.5 Å². The lowest BCUT2D eigenvalue weighted by atomic mass is 10.0. The largest absolute Gasteiger partial charge is 0.382 e. The van der Waals surface area contributed by atoms with E-state index in [2.05, 4.69) is 15.8 Å². The Morgan fingerprint density at radius 3 is 2.70 bits per heavy atom. The SMILES string of the molecule is CNC(=O)CNC(=O)C1CC(c2ccc(C)cc2)=NO1. The van der Waals surface area contributed by atoms with Crippen LogP contribution in [0.2, 0.25) is 0 Å². The van der Waals surface area contributed by atoms with Crippen LogP contribution in [0.4, 0.5) is 0 Å². The summed E-state index contributed by atoms with van der Waals surface area (Å²) in [6.45, 7) is 1.95. The Bertz CT molecular complexity index is 537. The molecule has 0 saturated carbocycles. The van der Waals surface area contributed by atoms with Crippen LogP contribution >= 0.6 is 0 Å². The lowest BCUT2D eigenvalue weighted by Crippen LogP contribution is -2.40. The Hall–Kier alpha value is -2.37. The Morgan fingerprint density at radius 2 is 2.05 bits per heavy atom. The van der Waals surface area contributed by atoms with Crippen molar-refractivity contribution in [3.8, 4) is 0 Å². The molecule has 0 aliphatic carbocycles. The number of rotatable bonds is 4. The van der Waals surface area contributed by atoms with Crippen LogP contribution in [-0.2, 0) is 14.4 Å².